The number of carbonyl (C=O) groups is 1. The number of halogens is 1. The van der Waals surface area contributed by atoms with Crippen LogP contribution in [0, 0.1) is 6.92 Å². The van der Waals surface area contributed by atoms with Gasteiger partial charge in [0.25, 0.3) is 11.5 Å². The summed E-state index contributed by atoms with van der Waals surface area (Å²) in [6.07, 6.45) is 3.40. The first kappa shape index (κ1) is 21.2. The van der Waals surface area contributed by atoms with Gasteiger partial charge in [0.05, 0.1) is 29.5 Å². The molecule has 0 spiro atoms. The molecular weight excluding hydrogens is 438 g/mol. The fourth-order valence-electron chi connectivity index (χ4n) is 4.20. The van der Waals surface area contributed by atoms with E-state index in [1.807, 2.05) is 56.3 Å². The standard InChI is InChI=1S/C25H22ClN5O2/c1-16-14-29(15-27-16)22-9-10-23-25(33)30(11-12-31(23)24(22)32)17(2)20-7-4-8-21(28-20)18-5-3-6-19(26)13-18/h3-10,13-15,17H,11-12H2,1-2H3/t17-/m0/s1. The fraction of sp³-hybridized carbons (Fsp3) is 0.200. The molecule has 0 radical (unpaired) electrons. The Morgan fingerprint density at radius 2 is 1.85 bits per heavy atom. The van der Waals surface area contributed by atoms with E-state index in [0.29, 0.717) is 29.5 Å². The molecule has 33 heavy (non-hydrogen) atoms. The number of pyridine rings is 2. The Morgan fingerprint density at radius 1 is 1.03 bits per heavy atom. The molecule has 0 fully saturated rings. The SMILES string of the molecule is Cc1cn(-c2ccc3n(c2=O)CCN([C@@H](C)c2cccc(-c4cccc(Cl)c4)n2)C3=O)cn1. The van der Waals surface area contributed by atoms with Crippen molar-refractivity contribution in [1.82, 2.24) is 24.0 Å². The van der Waals surface area contributed by atoms with E-state index in [1.165, 1.54) is 0 Å². The van der Waals surface area contributed by atoms with Crippen molar-refractivity contribution in [2.75, 3.05) is 6.54 Å². The lowest BCUT2D eigenvalue weighted by Gasteiger charge is -2.34. The number of aromatic nitrogens is 4. The minimum absolute atomic E-state index is 0.186. The first-order valence-electron chi connectivity index (χ1n) is 10.7. The Bertz CT molecular complexity index is 1420. The van der Waals surface area contributed by atoms with Crippen LogP contribution < -0.4 is 5.56 Å². The molecule has 1 aliphatic heterocycles. The molecule has 1 atom stereocenters. The third-order valence-electron chi connectivity index (χ3n) is 5.98. The minimum atomic E-state index is -0.253. The molecular formula is C25H22ClN5O2. The molecule has 0 bridgehead atoms. The molecule has 0 unspecified atom stereocenters. The number of aryl methyl sites for hydroxylation is 1. The summed E-state index contributed by atoms with van der Waals surface area (Å²) in [5, 5.41) is 0.645. The summed E-state index contributed by atoms with van der Waals surface area (Å²) < 4.78 is 3.24. The van der Waals surface area contributed by atoms with Gasteiger partial charge in [-0.1, -0.05) is 29.8 Å². The molecule has 7 nitrogen and oxygen atoms in total. The van der Waals surface area contributed by atoms with Crippen LogP contribution in [0.25, 0.3) is 16.9 Å². The molecule has 0 saturated heterocycles. The number of hydrogen-bond acceptors (Lipinski definition) is 4. The van der Waals surface area contributed by atoms with Crippen molar-refractivity contribution in [1.29, 1.82) is 0 Å². The number of rotatable bonds is 4. The summed E-state index contributed by atoms with van der Waals surface area (Å²) in [5.74, 6) is -0.186. The number of carbonyl (C=O) groups excluding carboxylic acids is 1. The van der Waals surface area contributed by atoms with Gasteiger partial charge >= 0.3 is 0 Å². The van der Waals surface area contributed by atoms with Crippen molar-refractivity contribution in [3.63, 3.8) is 0 Å². The Kier molecular flexibility index (Phi) is 5.34. The number of imidazole rings is 1. The maximum absolute atomic E-state index is 13.3. The van der Waals surface area contributed by atoms with Crippen molar-refractivity contribution in [2.45, 2.75) is 26.4 Å². The molecule has 0 N–H and O–H groups in total. The van der Waals surface area contributed by atoms with Crippen molar-refractivity contribution in [2.24, 2.45) is 0 Å². The highest BCUT2D eigenvalue weighted by Crippen LogP contribution is 2.27. The van der Waals surface area contributed by atoms with Crippen LogP contribution in [0.5, 0.6) is 0 Å². The van der Waals surface area contributed by atoms with Gasteiger partial charge in [-0.25, -0.2) is 4.98 Å². The second kappa shape index (κ2) is 8.33. The van der Waals surface area contributed by atoms with E-state index in [9.17, 15) is 9.59 Å². The van der Waals surface area contributed by atoms with E-state index in [2.05, 4.69) is 4.98 Å². The van der Waals surface area contributed by atoms with Gasteiger partial charge < -0.3 is 14.0 Å². The summed E-state index contributed by atoms with van der Waals surface area (Å²) in [6, 6.07) is 16.4. The Balaban J connectivity index is 1.45. The lowest BCUT2D eigenvalue weighted by Crippen LogP contribution is -2.46. The lowest BCUT2D eigenvalue weighted by atomic mass is 10.1. The van der Waals surface area contributed by atoms with Crippen LogP contribution >= 0.6 is 11.6 Å². The molecule has 5 rings (SSSR count). The van der Waals surface area contributed by atoms with Gasteiger partial charge in [-0.15, -0.1) is 0 Å². The zero-order valence-electron chi connectivity index (χ0n) is 18.3. The van der Waals surface area contributed by atoms with Crippen LogP contribution in [0.3, 0.4) is 0 Å². The predicted molar refractivity (Wildman–Crippen MR) is 127 cm³/mol. The van der Waals surface area contributed by atoms with Crippen molar-refractivity contribution < 1.29 is 4.79 Å². The van der Waals surface area contributed by atoms with Crippen LogP contribution in [0.2, 0.25) is 5.02 Å². The van der Waals surface area contributed by atoms with Gasteiger partial charge in [0.15, 0.2) is 0 Å². The topological polar surface area (TPSA) is 73.0 Å². The normalized spacial score (nSPS) is 14.3. The molecule has 0 saturated carbocycles. The zero-order valence-corrected chi connectivity index (χ0v) is 19.0. The van der Waals surface area contributed by atoms with Crippen molar-refractivity contribution in [3.8, 4) is 16.9 Å². The average molecular weight is 460 g/mol. The maximum atomic E-state index is 13.3. The smallest absolute Gasteiger partial charge is 0.275 e. The molecule has 1 aliphatic rings. The Morgan fingerprint density at radius 3 is 2.61 bits per heavy atom. The van der Waals surface area contributed by atoms with Crippen LogP contribution in [-0.2, 0) is 6.54 Å². The second-order valence-electron chi connectivity index (χ2n) is 8.12. The van der Waals surface area contributed by atoms with E-state index in [4.69, 9.17) is 16.6 Å². The summed E-state index contributed by atoms with van der Waals surface area (Å²) in [7, 11) is 0. The third kappa shape index (κ3) is 3.85. The average Bonchev–Trinajstić information content (AvgIpc) is 3.25. The lowest BCUT2D eigenvalue weighted by molar-refractivity contribution is 0.0624. The first-order chi connectivity index (χ1) is 15.9. The van der Waals surface area contributed by atoms with Crippen LogP contribution in [0.4, 0.5) is 0 Å². The van der Waals surface area contributed by atoms with E-state index < -0.39 is 0 Å². The Hall–Kier alpha value is -3.71. The number of benzene rings is 1. The molecule has 8 heteroatoms. The molecule has 0 aliphatic carbocycles. The maximum Gasteiger partial charge on any atom is 0.275 e. The highest BCUT2D eigenvalue weighted by atomic mass is 35.5. The monoisotopic (exact) mass is 459 g/mol. The zero-order chi connectivity index (χ0) is 23.1. The highest BCUT2D eigenvalue weighted by Gasteiger charge is 2.30. The van der Waals surface area contributed by atoms with E-state index in [-0.39, 0.29) is 17.5 Å². The van der Waals surface area contributed by atoms with E-state index in [1.54, 1.807) is 38.7 Å². The summed E-state index contributed by atoms with van der Waals surface area (Å²) in [6.45, 7) is 4.66. The van der Waals surface area contributed by atoms with Crippen LogP contribution in [-0.4, -0.2) is 36.5 Å². The van der Waals surface area contributed by atoms with Crippen LogP contribution in [0.1, 0.15) is 34.8 Å². The first-order valence-corrected chi connectivity index (χ1v) is 11.1. The number of amides is 1. The fourth-order valence-corrected chi connectivity index (χ4v) is 4.39. The number of hydrogen-bond donors (Lipinski definition) is 0. The van der Waals surface area contributed by atoms with E-state index in [0.717, 1.165) is 22.6 Å². The largest absolute Gasteiger partial charge is 0.327 e. The second-order valence-corrected chi connectivity index (χ2v) is 8.55. The molecule has 4 heterocycles. The summed E-state index contributed by atoms with van der Waals surface area (Å²) >= 11 is 6.14. The molecule has 1 aromatic carbocycles. The van der Waals surface area contributed by atoms with Gasteiger partial charge in [-0.2, -0.15) is 0 Å². The van der Waals surface area contributed by atoms with Gasteiger partial charge in [0.2, 0.25) is 0 Å². The molecule has 4 aromatic rings. The number of fused-ring (bicyclic) bond motifs is 1. The summed E-state index contributed by atoms with van der Waals surface area (Å²) in [4.78, 5) is 37.1. The van der Waals surface area contributed by atoms with Gasteiger partial charge in [-0.05, 0) is 50.2 Å². The molecule has 1 amide bonds. The number of nitrogens with zero attached hydrogens (tertiary/aromatic N) is 5. The Labute approximate surface area is 195 Å². The third-order valence-corrected chi connectivity index (χ3v) is 6.21. The summed E-state index contributed by atoms with van der Waals surface area (Å²) in [5.41, 5.74) is 3.97. The highest BCUT2D eigenvalue weighted by molar-refractivity contribution is 6.30. The quantitative estimate of drug-likeness (QED) is 0.456. The van der Waals surface area contributed by atoms with Crippen molar-refractivity contribution in [3.05, 3.63) is 99.6 Å². The minimum Gasteiger partial charge on any atom is -0.327 e. The van der Waals surface area contributed by atoms with E-state index >= 15 is 0 Å². The molecule has 3 aromatic heterocycles. The molecule has 166 valence electrons. The van der Waals surface area contributed by atoms with Gasteiger partial charge in [-0.3, -0.25) is 14.6 Å². The predicted octanol–water partition coefficient (Wildman–Crippen LogP) is 4.27. The van der Waals surface area contributed by atoms with Gasteiger partial charge in [0.1, 0.15) is 11.4 Å². The van der Waals surface area contributed by atoms with Crippen LogP contribution in [0.15, 0.2) is 71.9 Å². The van der Waals surface area contributed by atoms with Crippen molar-refractivity contribution >= 4 is 17.5 Å². The van der Waals surface area contributed by atoms with Gasteiger partial charge in [0, 0.05) is 29.9 Å².